The summed E-state index contributed by atoms with van der Waals surface area (Å²) in [6, 6.07) is 7.51. The molecule has 0 spiro atoms. The van der Waals surface area contributed by atoms with Gasteiger partial charge in [-0.25, -0.2) is 4.98 Å². The Bertz CT molecular complexity index is 953. The van der Waals surface area contributed by atoms with Crippen LogP contribution in [0, 0.1) is 5.92 Å². The lowest BCUT2D eigenvalue weighted by molar-refractivity contribution is -0.120. The minimum atomic E-state index is -0.352. The summed E-state index contributed by atoms with van der Waals surface area (Å²) < 4.78 is 5.06. The van der Waals surface area contributed by atoms with Gasteiger partial charge in [0.1, 0.15) is 0 Å². The highest BCUT2D eigenvalue weighted by atomic mass is 32.1. The molecule has 7 nitrogen and oxygen atoms in total. The van der Waals surface area contributed by atoms with E-state index in [1.165, 1.54) is 22.5 Å². The third-order valence-electron chi connectivity index (χ3n) is 5.01. The molecule has 30 heavy (non-hydrogen) atoms. The number of furan rings is 1. The summed E-state index contributed by atoms with van der Waals surface area (Å²) in [5.74, 6) is 0.306. The molecule has 2 N–H and O–H groups in total. The van der Waals surface area contributed by atoms with Gasteiger partial charge in [-0.1, -0.05) is 6.07 Å². The molecule has 3 aromatic heterocycles. The van der Waals surface area contributed by atoms with Crippen LogP contribution in [0.4, 0.5) is 5.13 Å². The van der Waals surface area contributed by atoms with E-state index in [-0.39, 0.29) is 24.0 Å². The van der Waals surface area contributed by atoms with Gasteiger partial charge in [0.15, 0.2) is 10.9 Å². The second-order valence-electron chi connectivity index (χ2n) is 7.38. The van der Waals surface area contributed by atoms with E-state index in [4.69, 9.17) is 4.42 Å². The number of nitrogens with zero attached hydrogens (tertiary/aromatic N) is 2. The molecular weight excluding hydrogens is 420 g/mol. The van der Waals surface area contributed by atoms with E-state index in [1.807, 2.05) is 0 Å². The number of aromatic nitrogens is 1. The molecule has 1 fully saturated rings. The van der Waals surface area contributed by atoms with E-state index in [0.717, 1.165) is 32.5 Å². The highest BCUT2D eigenvalue weighted by molar-refractivity contribution is 7.14. The van der Waals surface area contributed by atoms with Gasteiger partial charge < -0.3 is 9.73 Å². The normalized spacial score (nSPS) is 17.0. The number of nitrogens with one attached hydrogen (secondary N) is 2. The first kappa shape index (κ1) is 20.8. The first-order valence-electron chi connectivity index (χ1n) is 9.96. The van der Waals surface area contributed by atoms with Crippen molar-refractivity contribution in [2.45, 2.75) is 25.8 Å². The van der Waals surface area contributed by atoms with Gasteiger partial charge in [-0.2, -0.15) is 0 Å². The number of anilines is 1. The number of thiophene rings is 1. The van der Waals surface area contributed by atoms with Crippen molar-refractivity contribution in [1.82, 2.24) is 15.2 Å². The molecule has 1 saturated heterocycles. The fourth-order valence-electron chi connectivity index (χ4n) is 3.58. The van der Waals surface area contributed by atoms with Crippen molar-refractivity contribution in [2.75, 3.05) is 25.0 Å². The van der Waals surface area contributed by atoms with Gasteiger partial charge in [-0.05, 0) is 48.9 Å². The number of piperidine rings is 1. The Hall–Kier alpha value is -2.49. The number of rotatable bonds is 8. The average molecular weight is 445 g/mol. The van der Waals surface area contributed by atoms with E-state index < -0.39 is 0 Å². The van der Waals surface area contributed by atoms with Crippen molar-refractivity contribution < 1.29 is 14.0 Å². The van der Waals surface area contributed by atoms with Crippen molar-refractivity contribution >= 4 is 39.6 Å². The van der Waals surface area contributed by atoms with Crippen LogP contribution in [0.1, 0.15) is 34.0 Å². The van der Waals surface area contributed by atoms with Gasteiger partial charge in [-0.15, -0.1) is 22.7 Å². The fourth-order valence-corrected chi connectivity index (χ4v) is 5.03. The summed E-state index contributed by atoms with van der Waals surface area (Å²) >= 11 is 3.09. The number of hydrogen-bond acceptors (Lipinski definition) is 7. The van der Waals surface area contributed by atoms with Crippen molar-refractivity contribution in [1.29, 1.82) is 0 Å². The summed E-state index contributed by atoms with van der Waals surface area (Å²) in [6.07, 6.45) is 3.95. The van der Waals surface area contributed by atoms with Crippen LogP contribution in [0.15, 0.2) is 45.7 Å². The topological polar surface area (TPSA) is 87.5 Å². The number of amides is 2. The van der Waals surface area contributed by atoms with Crippen LogP contribution in [0.5, 0.6) is 0 Å². The molecule has 1 unspecified atom stereocenters. The van der Waals surface area contributed by atoms with Gasteiger partial charge in [0.25, 0.3) is 5.91 Å². The van der Waals surface area contributed by atoms with Gasteiger partial charge in [0, 0.05) is 29.9 Å². The maximum absolute atomic E-state index is 12.4. The molecule has 9 heteroatoms. The quantitative estimate of drug-likeness (QED) is 0.554. The molecule has 0 aromatic carbocycles. The van der Waals surface area contributed by atoms with Crippen LogP contribution in [0.2, 0.25) is 0 Å². The molecule has 1 aliphatic heterocycles. The number of carbonyl (C=O) groups excluding carboxylic acids is 2. The van der Waals surface area contributed by atoms with Crippen LogP contribution in [0.3, 0.4) is 0 Å². The molecule has 1 atom stereocenters. The van der Waals surface area contributed by atoms with Crippen molar-refractivity contribution in [2.24, 2.45) is 5.92 Å². The van der Waals surface area contributed by atoms with E-state index in [2.05, 4.69) is 38.0 Å². The highest BCUT2D eigenvalue weighted by Crippen LogP contribution is 2.20. The predicted molar refractivity (Wildman–Crippen MR) is 118 cm³/mol. The van der Waals surface area contributed by atoms with Crippen LogP contribution >= 0.6 is 22.7 Å². The molecule has 2 amide bonds. The molecule has 4 rings (SSSR count). The third kappa shape index (κ3) is 5.78. The lowest BCUT2D eigenvalue weighted by Gasteiger charge is -2.32. The van der Waals surface area contributed by atoms with Crippen molar-refractivity contribution in [3.63, 3.8) is 0 Å². The van der Waals surface area contributed by atoms with E-state index in [9.17, 15) is 9.59 Å². The number of carbonyl (C=O) groups is 2. The Balaban J connectivity index is 1.20. The van der Waals surface area contributed by atoms with Crippen molar-refractivity contribution in [3.8, 4) is 0 Å². The summed E-state index contributed by atoms with van der Waals surface area (Å²) in [5, 5.41) is 10.1. The Morgan fingerprint density at radius 2 is 2.20 bits per heavy atom. The summed E-state index contributed by atoms with van der Waals surface area (Å²) in [6.45, 7) is 3.81. The smallest absolute Gasteiger partial charge is 0.293 e. The lowest BCUT2D eigenvalue weighted by atomic mass is 9.98. The minimum absolute atomic E-state index is 0.0420. The van der Waals surface area contributed by atoms with E-state index in [1.54, 1.807) is 28.8 Å². The summed E-state index contributed by atoms with van der Waals surface area (Å²) in [5.41, 5.74) is 0.648. The number of thiazole rings is 1. The van der Waals surface area contributed by atoms with Gasteiger partial charge in [0.05, 0.1) is 18.4 Å². The van der Waals surface area contributed by atoms with Crippen LogP contribution in [-0.2, 0) is 17.8 Å². The fraction of sp³-hybridized carbons (Fsp3) is 0.381. The zero-order valence-electron chi connectivity index (χ0n) is 16.5. The van der Waals surface area contributed by atoms with Gasteiger partial charge in [-0.3, -0.25) is 19.8 Å². The van der Waals surface area contributed by atoms with E-state index >= 15 is 0 Å². The molecule has 0 aliphatic carbocycles. The molecule has 4 heterocycles. The first-order valence-corrected chi connectivity index (χ1v) is 11.7. The molecule has 1 aliphatic rings. The number of hydrogen-bond donors (Lipinski definition) is 2. The lowest BCUT2D eigenvalue weighted by Crippen LogP contribution is -2.40. The summed E-state index contributed by atoms with van der Waals surface area (Å²) in [4.78, 5) is 32.5. The maximum Gasteiger partial charge on any atom is 0.293 e. The third-order valence-corrected chi connectivity index (χ3v) is 6.68. The van der Waals surface area contributed by atoms with Crippen LogP contribution < -0.4 is 10.6 Å². The predicted octanol–water partition coefficient (Wildman–Crippen LogP) is 3.62. The number of likely N-dealkylation sites (tertiary alicyclic amines) is 1. The molecule has 3 aromatic rings. The van der Waals surface area contributed by atoms with Crippen LogP contribution in [-0.4, -0.2) is 41.3 Å². The zero-order chi connectivity index (χ0) is 20.8. The van der Waals surface area contributed by atoms with Gasteiger partial charge in [0.2, 0.25) is 5.91 Å². The standard InChI is InChI=1S/C21H24N4O3S2/c26-19(10-16-14-30-21(23-16)24-20(27)18-6-2-8-28-18)22-11-15-4-1-7-25(12-15)13-17-5-3-9-29-17/h2-3,5-6,8-9,14-15H,1,4,7,10-13H2,(H,22,26)(H,23,24,27). The van der Waals surface area contributed by atoms with Crippen LogP contribution in [0.25, 0.3) is 0 Å². The monoisotopic (exact) mass is 444 g/mol. The Kier molecular flexibility index (Phi) is 6.93. The molecule has 158 valence electrons. The SMILES string of the molecule is O=C(Cc1csc(NC(=O)c2ccco2)n1)NCC1CCCN(Cc2cccs2)C1. The Morgan fingerprint density at radius 1 is 1.27 bits per heavy atom. The molecule has 0 bridgehead atoms. The minimum Gasteiger partial charge on any atom is -0.459 e. The first-order chi connectivity index (χ1) is 14.7. The van der Waals surface area contributed by atoms with E-state index in [0.29, 0.717) is 23.3 Å². The second kappa shape index (κ2) is 10.0. The zero-order valence-corrected chi connectivity index (χ0v) is 18.1. The maximum atomic E-state index is 12.4. The highest BCUT2D eigenvalue weighted by Gasteiger charge is 2.21. The summed E-state index contributed by atoms with van der Waals surface area (Å²) in [7, 11) is 0. The molecule has 0 radical (unpaired) electrons. The average Bonchev–Trinajstić information content (AvgIpc) is 3.50. The largest absolute Gasteiger partial charge is 0.459 e. The van der Waals surface area contributed by atoms with Crippen molar-refractivity contribution in [3.05, 3.63) is 57.6 Å². The molecular formula is C21H24N4O3S2. The second-order valence-corrected chi connectivity index (χ2v) is 9.27. The Morgan fingerprint density at radius 3 is 3.00 bits per heavy atom. The van der Waals surface area contributed by atoms with Gasteiger partial charge >= 0.3 is 0 Å². The Labute approximate surface area is 183 Å². The molecule has 0 saturated carbocycles.